The number of hydrogen-bond donors (Lipinski definition) is 1. The highest BCUT2D eigenvalue weighted by atomic mass is 79.9. The Morgan fingerprint density at radius 2 is 1.76 bits per heavy atom. The smallest absolute Gasteiger partial charge is 0.377 e. The second kappa shape index (κ2) is 5.20. The summed E-state index contributed by atoms with van der Waals surface area (Å²) in [4.78, 5) is 0. The average molecular weight is 318 g/mol. The zero-order chi connectivity index (χ0) is 13.2. The van der Waals surface area contributed by atoms with Crippen LogP contribution in [0.25, 0.3) is 0 Å². The van der Waals surface area contributed by atoms with Crippen molar-refractivity contribution in [2.45, 2.75) is 25.6 Å². The van der Waals surface area contributed by atoms with E-state index in [0.717, 1.165) is 12.1 Å². The Kier molecular flexibility index (Phi) is 4.35. The quantitative estimate of drug-likeness (QED) is 0.807. The molecule has 0 aliphatic rings. The summed E-state index contributed by atoms with van der Waals surface area (Å²) < 4.78 is 62.0. The van der Waals surface area contributed by atoms with Crippen LogP contribution < -0.4 is 5.32 Å². The number of anilines is 1. The van der Waals surface area contributed by atoms with Gasteiger partial charge in [-0.1, -0.05) is 15.9 Å². The fraction of sp³-hybridized carbons (Fsp3) is 0.400. The minimum absolute atomic E-state index is 0.000463. The summed E-state index contributed by atoms with van der Waals surface area (Å²) in [6, 6.07) is 1.78. The van der Waals surface area contributed by atoms with E-state index < -0.39 is 24.2 Å². The standard InChI is InChI=1S/C10H9BrF5N/c1-5(9(12)13)17-8-3-6(10(14,15)16)2-7(11)4-8/h2-5,9,17H,1H3. The molecule has 0 aliphatic carbocycles. The fourth-order valence-electron chi connectivity index (χ4n) is 1.16. The van der Waals surface area contributed by atoms with Gasteiger partial charge in [0.05, 0.1) is 11.6 Å². The fourth-order valence-corrected chi connectivity index (χ4v) is 1.66. The minimum Gasteiger partial charge on any atom is -0.377 e. The Balaban J connectivity index is 2.98. The van der Waals surface area contributed by atoms with Crippen molar-refractivity contribution in [3.8, 4) is 0 Å². The lowest BCUT2D eigenvalue weighted by molar-refractivity contribution is -0.137. The molecule has 0 aliphatic heterocycles. The molecule has 0 saturated carbocycles. The summed E-state index contributed by atoms with van der Waals surface area (Å²) in [5.74, 6) is 0. The molecule has 0 spiro atoms. The summed E-state index contributed by atoms with van der Waals surface area (Å²) >= 11 is 2.90. The molecule has 7 heteroatoms. The van der Waals surface area contributed by atoms with E-state index in [1.807, 2.05) is 0 Å². The molecule has 0 aromatic heterocycles. The zero-order valence-electron chi connectivity index (χ0n) is 8.65. The van der Waals surface area contributed by atoms with Gasteiger partial charge in [-0.15, -0.1) is 0 Å². The van der Waals surface area contributed by atoms with Crippen molar-refractivity contribution in [3.63, 3.8) is 0 Å². The molecular weight excluding hydrogens is 309 g/mol. The molecule has 17 heavy (non-hydrogen) atoms. The molecule has 0 saturated heterocycles. The highest BCUT2D eigenvalue weighted by Crippen LogP contribution is 2.33. The van der Waals surface area contributed by atoms with Gasteiger partial charge in [0.25, 0.3) is 6.43 Å². The molecule has 1 aromatic carbocycles. The van der Waals surface area contributed by atoms with Gasteiger partial charge in [-0.05, 0) is 25.1 Å². The monoisotopic (exact) mass is 317 g/mol. The van der Waals surface area contributed by atoms with Gasteiger partial charge in [-0.2, -0.15) is 13.2 Å². The number of rotatable bonds is 3. The third-order valence-corrected chi connectivity index (χ3v) is 2.46. The first-order valence-corrected chi connectivity index (χ1v) is 5.42. The van der Waals surface area contributed by atoms with E-state index in [1.54, 1.807) is 0 Å². The Morgan fingerprint density at radius 1 is 1.18 bits per heavy atom. The largest absolute Gasteiger partial charge is 0.416 e. The summed E-state index contributed by atoms with van der Waals surface area (Å²) in [6.45, 7) is 1.19. The maximum absolute atomic E-state index is 12.4. The van der Waals surface area contributed by atoms with Gasteiger partial charge in [-0.25, -0.2) is 8.78 Å². The van der Waals surface area contributed by atoms with Gasteiger partial charge in [0.15, 0.2) is 0 Å². The first-order chi connectivity index (χ1) is 7.70. The van der Waals surface area contributed by atoms with Gasteiger partial charge in [-0.3, -0.25) is 0 Å². The molecule has 0 bridgehead atoms. The van der Waals surface area contributed by atoms with Crippen molar-refractivity contribution < 1.29 is 22.0 Å². The second-order valence-corrected chi connectivity index (χ2v) is 4.41. The lowest BCUT2D eigenvalue weighted by Gasteiger charge is -2.16. The van der Waals surface area contributed by atoms with Gasteiger partial charge in [0.2, 0.25) is 0 Å². The molecule has 1 aromatic rings. The van der Waals surface area contributed by atoms with E-state index in [2.05, 4.69) is 21.2 Å². The van der Waals surface area contributed by atoms with Crippen molar-refractivity contribution in [2.24, 2.45) is 0 Å². The van der Waals surface area contributed by atoms with Crippen molar-refractivity contribution in [1.29, 1.82) is 0 Å². The number of halogens is 6. The van der Waals surface area contributed by atoms with Crippen molar-refractivity contribution in [3.05, 3.63) is 28.2 Å². The van der Waals surface area contributed by atoms with Gasteiger partial charge < -0.3 is 5.32 Å². The molecule has 1 N–H and O–H groups in total. The summed E-state index contributed by atoms with van der Waals surface area (Å²) in [5.41, 5.74) is -0.893. The molecule has 0 amide bonds. The van der Waals surface area contributed by atoms with Crippen molar-refractivity contribution >= 4 is 21.6 Å². The predicted octanol–water partition coefficient (Wildman–Crippen LogP) is 4.53. The van der Waals surface area contributed by atoms with Crippen LogP contribution in [0.4, 0.5) is 27.6 Å². The lowest BCUT2D eigenvalue weighted by atomic mass is 10.2. The molecule has 0 radical (unpaired) electrons. The second-order valence-electron chi connectivity index (χ2n) is 3.49. The van der Waals surface area contributed by atoms with Crippen molar-refractivity contribution in [2.75, 3.05) is 5.32 Å². The average Bonchev–Trinajstić information content (AvgIpc) is 2.15. The summed E-state index contributed by atoms with van der Waals surface area (Å²) in [5, 5.41) is 2.31. The molecule has 96 valence electrons. The van der Waals surface area contributed by atoms with Crippen LogP contribution in [0, 0.1) is 0 Å². The topological polar surface area (TPSA) is 12.0 Å². The number of alkyl halides is 5. The first-order valence-electron chi connectivity index (χ1n) is 4.62. The summed E-state index contributed by atoms with van der Waals surface area (Å²) in [6.07, 6.45) is -7.16. The molecular formula is C10H9BrF5N. The van der Waals surface area contributed by atoms with Crippen LogP contribution in [0.2, 0.25) is 0 Å². The molecule has 0 fully saturated rings. The SMILES string of the molecule is CC(Nc1cc(Br)cc(C(F)(F)F)c1)C(F)F. The van der Waals surface area contributed by atoms with E-state index in [1.165, 1.54) is 13.0 Å². The molecule has 1 unspecified atom stereocenters. The van der Waals surface area contributed by atoms with E-state index in [4.69, 9.17) is 0 Å². The van der Waals surface area contributed by atoms with E-state index in [9.17, 15) is 22.0 Å². The van der Waals surface area contributed by atoms with Gasteiger partial charge in [0.1, 0.15) is 0 Å². The first kappa shape index (κ1) is 14.2. The van der Waals surface area contributed by atoms with Gasteiger partial charge >= 0.3 is 6.18 Å². The lowest BCUT2D eigenvalue weighted by Crippen LogP contribution is -2.24. The highest BCUT2D eigenvalue weighted by Gasteiger charge is 2.31. The maximum atomic E-state index is 12.4. The summed E-state index contributed by atoms with van der Waals surface area (Å²) in [7, 11) is 0. The van der Waals surface area contributed by atoms with Crippen LogP contribution in [0.1, 0.15) is 12.5 Å². The molecule has 0 heterocycles. The van der Waals surface area contributed by atoms with Crippen LogP contribution in [-0.2, 0) is 6.18 Å². The predicted molar refractivity (Wildman–Crippen MR) is 58.2 cm³/mol. The third-order valence-electron chi connectivity index (χ3n) is 2.00. The minimum atomic E-state index is -4.51. The Hall–Kier alpha value is -0.850. The molecule has 1 atom stereocenters. The Morgan fingerprint density at radius 3 is 2.24 bits per heavy atom. The third kappa shape index (κ3) is 4.14. The van der Waals surface area contributed by atoms with Crippen molar-refractivity contribution in [1.82, 2.24) is 0 Å². The van der Waals surface area contributed by atoms with E-state index >= 15 is 0 Å². The number of nitrogens with one attached hydrogen (secondary N) is 1. The Labute approximate surface area is 103 Å². The van der Waals surface area contributed by atoms with Crippen LogP contribution >= 0.6 is 15.9 Å². The van der Waals surface area contributed by atoms with E-state index in [-0.39, 0.29) is 10.2 Å². The zero-order valence-corrected chi connectivity index (χ0v) is 10.2. The van der Waals surface area contributed by atoms with Crippen LogP contribution in [0.5, 0.6) is 0 Å². The normalized spacial score (nSPS) is 13.9. The molecule has 1 rings (SSSR count). The van der Waals surface area contributed by atoms with Crippen LogP contribution in [0.15, 0.2) is 22.7 Å². The Bertz CT molecular complexity index is 391. The molecule has 1 nitrogen and oxygen atoms in total. The number of benzene rings is 1. The van der Waals surface area contributed by atoms with E-state index in [0.29, 0.717) is 0 Å². The number of hydrogen-bond acceptors (Lipinski definition) is 1. The van der Waals surface area contributed by atoms with Crippen LogP contribution in [0.3, 0.4) is 0 Å². The van der Waals surface area contributed by atoms with Crippen LogP contribution in [-0.4, -0.2) is 12.5 Å². The highest BCUT2D eigenvalue weighted by molar-refractivity contribution is 9.10. The maximum Gasteiger partial charge on any atom is 0.416 e. The van der Waals surface area contributed by atoms with Gasteiger partial charge in [0, 0.05) is 10.2 Å².